The first-order chi connectivity index (χ1) is 15.0. The van der Waals surface area contributed by atoms with Crippen LogP contribution < -0.4 is 30.8 Å². The van der Waals surface area contributed by atoms with E-state index in [1.165, 1.54) is 5.56 Å². The van der Waals surface area contributed by atoms with Crippen LogP contribution in [0.3, 0.4) is 0 Å². The molecule has 0 spiro atoms. The molecule has 31 heavy (non-hydrogen) atoms. The monoisotopic (exact) mass is 423 g/mol. The van der Waals surface area contributed by atoms with Crippen molar-refractivity contribution in [3.63, 3.8) is 0 Å². The first-order valence-corrected chi connectivity index (χ1v) is 9.73. The zero-order chi connectivity index (χ0) is 22.6. The Balaban J connectivity index is 0.000000785. The number of ether oxygens (including phenoxy) is 3. The van der Waals surface area contributed by atoms with Crippen LogP contribution in [-0.2, 0) is 11.4 Å². The maximum atomic E-state index is 8.94. The number of methoxy groups -OCH3 is 1. The quantitative estimate of drug-likeness (QED) is 0.216. The van der Waals surface area contributed by atoms with E-state index in [-0.39, 0.29) is 0 Å². The molecule has 0 saturated heterocycles. The summed E-state index contributed by atoms with van der Waals surface area (Å²) in [5, 5.41) is 3.22. The minimum atomic E-state index is 0.403. The lowest BCUT2D eigenvalue weighted by molar-refractivity contribution is -0.109. The number of hydrogen-bond donors (Lipinski definition) is 3. The molecular formula is C24H29N3O4. The van der Waals surface area contributed by atoms with Gasteiger partial charge in [0.2, 0.25) is 6.41 Å². The third-order valence-corrected chi connectivity index (χ3v) is 4.54. The van der Waals surface area contributed by atoms with E-state index in [0.29, 0.717) is 13.0 Å². The summed E-state index contributed by atoms with van der Waals surface area (Å²) in [6.45, 7) is 4.63. The number of benzene rings is 3. The first-order valence-electron chi connectivity index (χ1n) is 9.73. The van der Waals surface area contributed by atoms with Crippen LogP contribution in [0.2, 0.25) is 0 Å². The first kappa shape index (κ1) is 23.6. The fourth-order valence-electron chi connectivity index (χ4n) is 2.93. The Morgan fingerprint density at radius 3 is 2.26 bits per heavy atom. The summed E-state index contributed by atoms with van der Waals surface area (Å²) in [6, 6.07) is 19.6. The zero-order valence-corrected chi connectivity index (χ0v) is 18.3. The molecule has 3 rings (SSSR count). The van der Waals surface area contributed by atoms with Gasteiger partial charge in [0, 0.05) is 24.4 Å². The van der Waals surface area contributed by atoms with Gasteiger partial charge in [0.1, 0.15) is 29.6 Å². The third-order valence-electron chi connectivity index (χ3n) is 4.54. The van der Waals surface area contributed by atoms with E-state index in [1.807, 2.05) is 62.5 Å². The van der Waals surface area contributed by atoms with Gasteiger partial charge in [-0.15, -0.1) is 0 Å². The minimum Gasteiger partial charge on any atom is -0.497 e. The summed E-state index contributed by atoms with van der Waals surface area (Å²) in [7, 11) is 3.57. The van der Waals surface area contributed by atoms with Gasteiger partial charge in [0.25, 0.3) is 0 Å². The van der Waals surface area contributed by atoms with Crippen molar-refractivity contribution in [1.29, 1.82) is 0 Å². The molecule has 4 N–H and O–H groups in total. The number of amides is 1. The number of nitrogens with one attached hydrogen (secondary N) is 2. The summed E-state index contributed by atoms with van der Waals surface area (Å²) >= 11 is 0. The Morgan fingerprint density at radius 2 is 1.61 bits per heavy atom. The SMILES string of the molecule is CNc1cccc(C)c1COc1ccc(Oc2cccc(OC)c2)cc1C.NNC=O. The fourth-order valence-corrected chi connectivity index (χ4v) is 2.93. The van der Waals surface area contributed by atoms with Crippen LogP contribution >= 0.6 is 0 Å². The highest BCUT2D eigenvalue weighted by atomic mass is 16.5. The van der Waals surface area contributed by atoms with Gasteiger partial charge in [0.05, 0.1) is 7.11 Å². The predicted molar refractivity (Wildman–Crippen MR) is 123 cm³/mol. The maximum absolute atomic E-state index is 8.94. The van der Waals surface area contributed by atoms with Gasteiger partial charge in [-0.3, -0.25) is 10.2 Å². The van der Waals surface area contributed by atoms with Crippen molar-refractivity contribution in [3.8, 4) is 23.0 Å². The van der Waals surface area contributed by atoms with Crippen LogP contribution in [0.15, 0.2) is 60.7 Å². The van der Waals surface area contributed by atoms with Gasteiger partial charge in [-0.05, 0) is 61.4 Å². The van der Waals surface area contributed by atoms with Crippen LogP contribution in [0.1, 0.15) is 16.7 Å². The van der Waals surface area contributed by atoms with Crippen molar-refractivity contribution < 1.29 is 19.0 Å². The Labute approximate surface area is 183 Å². The van der Waals surface area contributed by atoms with Crippen LogP contribution in [0.25, 0.3) is 0 Å². The lowest BCUT2D eigenvalue weighted by atomic mass is 10.1. The highest BCUT2D eigenvalue weighted by molar-refractivity contribution is 5.54. The van der Waals surface area contributed by atoms with Crippen molar-refractivity contribution in [2.24, 2.45) is 5.84 Å². The molecule has 0 aliphatic heterocycles. The topological polar surface area (TPSA) is 94.8 Å². The van der Waals surface area contributed by atoms with E-state index in [4.69, 9.17) is 19.0 Å². The van der Waals surface area contributed by atoms with Crippen LogP contribution in [0.4, 0.5) is 5.69 Å². The Morgan fingerprint density at radius 1 is 0.935 bits per heavy atom. The number of hydrazine groups is 1. The van der Waals surface area contributed by atoms with Crippen molar-refractivity contribution in [1.82, 2.24) is 5.43 Å². The second kappa shape index (κ2) is 12.1. The van der Waals surface area contributed by atoms with E-state index in [0.717, 1.165) is 39.8 Å². The summed E-state index contributed by atoms with van der Waals surface area (Å²) in [5.74, 6) is 7.52. The molecule has 0 saturated carbocycles. The zero-order valence-electron chi connectivity index (χ0n) is 18.3. The average molecular weight is 424 g/mol. The number of anilines is 1. The number of carbonyl (C=O) groups is 1. The number of carbonyl (C=O) groups excluding carboxylic acids is 1. The largest absolute Gasteiger partial charge is 0.497 e. The molecule has 0 heterocycles. The highest BCUT2D eigenvalue weighted by Crippen LogP contribution is 2.30. The van der Waals surface area contributed by atoms with Gasteiger partial charge < -0.3 is 19.5 Å². The molecule has 7 heteroatoms. The molecule has 0 bridgehead atoms. The number of rotatable bonds is 8. The van der Waals surface area contributed by atoms with E-state index in [2.05, 4.69) is 30.2 Å². The maximum Gasteiger partial charge on any atom is 0.221 e. The molecule has 1 amide bonds. The molecule has 7 nitrogen and oxygen atoms in total. The Hall–Kier alpha value is -3.71. The Bertz CT molecular complexity index is 992. The molecule has 0 fully saturated rings. The van der Waals surface area contributed by atoms with Crippen molar-refractivity contribution in [2.75, 3.05) is 19.5 Å². The van der Waals surface area contributed by atoms with Gasteiger partial charge >= 0.3 is 0 Å². The summed E-state index contributed by atoms with van der Waals surface area (Å²) in [6.07, 6.45) is 0.403. The standard InChI is InChI=1S/C23H25NO3.CH4N2O/c1-16-7-5-10-22(24-3)21(16)15-26-23-12-11-20(13-17(23)2)27-19-9-6-8-18(14-19)25-4;2-3-1-4/h5-14,24H,15H2,1-4H3;1H,2H2,(H,3,4). The molecule has 3 aromatic rings. The van der Waals surface area contributed by atoms with Crippen molar-refractivity contribution in [3.05, 3.63) is 77.4 Å². The molecule has 3 aromatic carbocycles. The number of hydrogen-bond acceptors (Lipinski definition) is 6. The summed E-state index contributed by atoms with van der Waals surface area (Å²) < 4.78 is 17.2. The smallest absolute Gasteiger partial charge is 0.221 e. The van der Waals surface area contributed by atoms with Gasteiger partial charge in [0.15, 0.2) is 0 Å². The average Bonchev–Trinajstić information content (AvgIpc) is 2.79. The van der Waals surface area contributed by atoms with Gasteiger partial charge in [-0.25, -0.2) is 5.84 Å². The molecule has 0 aliphatic rings. The van der Waals surface area contributed by atoms with Crippen LogP contribution in [0.5, 0.6) is 23.0 Å². The molecule has 0 aliphatic carbocycles. The Kier molecular flexibility index (Phi) is 9.19. The predicted octanol–water partition coefficient (Wildman–Crippen LogP) is 4.33. The van der Waals surface area contributed by atoms with E-state index >= 15 is 0 Å². The van der Waals surface area contributed by atoms with Crippen LogP contribution in [-0.4, -0.2) is 20.6 Å². The second-order valence-electron chi connectivity index (χ2n) is 6.63. The van der Waals surface area contributed by atoms with Gasteiger partial charge in [-0.2, -0.15) is 0 Å². The molecule has 0 aromatic heterocycles. The number of aryl methyl sites for hydroxylation is 2. The molecular weight excluding hydrogens is 394 g/mol. The highest BCUT2D eigenvalue weighted by Gasteiger charge is 2.08. The lowest BCUT2D eigenvalue weighted by Crippen LogP contribution is -2.18. The summed E-state index contributed by atoms with van der Waals surface area (Å²) in [5.41, 5.74) is 6.23. The fraction of sp³-hybridized carbons (Fsp3) is 0.208. The third kappa shape index (κ3) is 6.94. The molecule has 0 unspecified atom stereocenters. The second-order valence-corrected chi connectivity index (χ2v) is 6.63. The molecule has 0 atom stereocenters. The minimum absolute atomic E-state index is 0.403. The number of nitrogens with two attached hydrogens (primary N) is 1. The van der Waals surface area contributed by atoms with Crippen molar-refractivity contribution in [2.45, 2.75) is 20.5 Å². The van der Waals surface area contributed by atoms with E-state index < -0.39 is 0 Å². The lowest BCUT2D eigenvalue weighted by Gasteiger charge is -2.15. The van der Waals surface area contributed by atoms with Crippen LogP contribution in [0, 0.1) is 13.8 Å². The normalized spacial score (nSPS) is 9.71. The van der Waals surface area contributed by atoms with Crippen molar-refractivity contribution >= 4 is 12.1 Å². The van der Waals surface area contributed by atoms with E-state index in [1.54, 1.807) is 12.5 Å². The molecule has 0 radical (unpaired) electrons. The van der Waals surface area contributed by atoms with E-state index in [9.17, 15) is 0 Å². The van der Waals surface area contributed by atoms with Gasteiger partial charge in [-0.1, -0.05) is 18.2 Å². The summed E-state index contributed by atoms with van der Waals surface area (Å²) in [4.78, 5) is 8.94. The molecule has 164 valence electrons.